The molecule has 5 N–H and O–H groups in total. The number of nitrogens with zero attached hydrogens (tertiary/aromatic N) is 4. The van der Waals surface area contributed by atoms with Gasteiger partial charge in [-0.25, -0.2) is 14.8 Å². The van der Waals surface area contributed by atoms with E-state index in [1.54, 1.807) is 23.2 Å². The lowest BCUT2D eigenvalue weighted by molar-refractivity contribution is -0.135. The van der Waals surface area contributed by atoms with Crippen molar-refractivity contribution >= 4 is 34.7 Å². The summed E-state index contributed by atoms with van der Waals surface area (Å²) in [6.07, 6.45) is 4.51. The molecule has 13 nitrogen and oxygen atoms in total. The summed E-state index contributed by atoms with van der Waals surface area (Å²) in [6, 6.07) is 15.9. The van der Waals surface area contributed by atoms with Crippen molar-refractivity contribution in [2.75, 3.05) is 26.7 Å². The zero-order valence-electron chi connectivity index (χ0n) is 31.1. The SMILES string of the molecule is COC(=O)N[C@H](C(=O)N1CCC[C@H]1c1ncc(-c2ccc3nc(-c4ccc(C(=O)NC[C@@H]5CCCN5C(=O)[C@@H](N)C(C)C)cc4)ccc3c2)[nH]1)C(C)C. The number of pyridine rings is 1. The Balaban J connectivity index is 1.09. The van der Waals surface area contributed by atoms with Crippen LogP contribution in [0.2, 0.25) is 0 Å². The van der Waals surface area contributed by atoms with E-state index in [1.807, 2.05) is 69.0 Å². The Bertz CT molecular complexity index is 1960. The summed E-state index contributed by atoms with van der Waals surface area (Å²) in [5.74, 6) is 0.266. The van der Waals surface area contributed by atoms with E-state index in [0.717, 1.165) is 59.1 Å². The number of carbonyl (C=O) groups excluding carboxylic acids is 4. The molecule has 0 radical (unpaired) electrons. The second kappa shape index (κ2) is 16.2. The third-order valence-corrected chi connectivity index (χ3v) is 10.4. The summed E-state index contributed by atoms with van der Waals surface area (Å²) in [6.45, 7) is 9.31. The molecule has 2 saturated heterocycles. The van der Waals surface area contributed by atoms with E-state index in [-0.39, 0.29) is 41.6 Å². The number of aromatic amines is 1. The van der Waals surface area contributed by atoms with Crippen molar-refractivity contribution < 1.29 is 23.9 Å². The Hall–Kier alpha value is -5.30. The molecular weight excluding hydrogens is 672 g/mol. The summed E-state index contributed by atoms with van der Waals surface area (Å²) < 4.78 is 4.75. The average Bonchev–Trinajstić information content (AvgIpc) is 3.96. The first-order valence-corrected chi connectivity index (χ1v) is 18.5. The first-order valence-electron chi connectivity index (χ1n) is 18.5. The predicted molar refractivity (Wildman–Crippen MR) is 202 cm³/mol. The van der Waals surface area contributed by atoms with E-state index in [9.17, 15) is 19.2 Å². The monoisotopic (exact) mass is 722 g/mol. The first kappa shape index (κ1) is 37.5. The molecular formula is C40H50N8O5. The van der Waals surface area contributed by atoms with Crippen LogP contribution in [0.3, 0.4) is 0 Å². The third-order valence-electron chi connectivity index (χ3n) is 10.4. The molecule has 0 saturated carbocycles. The summed E-state index contributed by atoms with van der Waals surface area (Å²) in [5, 5.41) is 6.65. The predicted octanol–water partition coefficient (Wildman–Crippen LogP) is 5.04. The minimum Gasteiger partial charge on any atom is -0.453 e. The van der Waals surface area contributed by atoms with Gasteiger partial charge in [0.2, 0.25) is 11.8 Å². The molecule has 2 aliphatic rings. The smallest absolute Gasteiger partial charge is 0.407 e. The normalized spacial score (nSPS) is 18.4. The lowest BCUT2D eigenvalue weighted by Gasteiger charge is -2.30. The maximum absolute atomic E-state index is 13.5. The van der Waals surface area contributed by atoms with Crippen LogP contribution in [0.1, 0.15) is 75.6 Å². The van der Waals surface area contributed by atoms with Crippen LogP contribution < -0.4 is 16.4 Å². The lowest BCUT2D eigenvalue weighted by Crippen LogP contribution is -2.51. The molecule has 2 aromatic heterocycles. The van der Waals surface area contributed by atoms with Gasteiger partial charge in [0, 0.05) is 47.8 Å². The van der Waals surface area contributed by atoms with Crippen LogP contribution in [0, 0.1) is 11.8 Å². The highest BCUT2D eigenvalue weighted by Crippen LogP contribution is 2.33. The first-order chi connectivity index (χ1) is 25.4. The van der Waals surface area contributed by atoms with Gasteiger partial charge >= 0.3 is 6.09 Å². The topological polar surface area (TPSA) is 176 Å². The molecule has 13 heteroatoms. The number of nitrogens with one attached hydrogen (secondary N) is 3. The van der Waals surface area contributed by atoms with Gasteiger partial charge in [-0.3, -0.25) is 14.4 Å². The highest BCUT2D eigenvalue weighted by Gasteiger charge is 2.37. The fraction of sp³-hybridized carbons (Fsp3) is 0.450. The number of fused-ring (bicyclic) bond motifs is 1. The van der Waals surface area contributed by atoms with Crippen LogP contribution in [0.5, 0.6) is 0 Å². The number of likely N-dealkylation sites (tertiary alicyclic amines) is 2. The third kappa shape index (κ3) is 8.20. The van der Waals surface area contributed by atoms with Crippen LogP contribution >= 0.6 is 0 Å². The molecule has 2 aromatic carbocycles. The highest BCUT2D eigenvalue weighted by molar-refractivity contribution is 5.95. The number of carbonyl (C=O) groups is 4. The summed E-state index contributed by atoms with van der Waals surface area (Å²) in [7, 11) is 1.29. The van der Waals surface area contributed by atoms with E-state index < -0.39 is 18.2 Å². The van der Waals surface area contributed by atoms with E-state index in [1.165, 1.54) is 7.11 Å². The molecule has 0 bridgehead atoms. The van der Waals surface area contributed by atoms with Gasteiger partial charge in [-0.05, 0) is 67.9 Å². The molecule has 0 aliphatic carbocycles. The van der Waals surface area contributed by atoms with Gasteiger partial charge in [0.1, 0.15) is 11.9 Å². The van der Waals surface area contributed by atoms with Gasteiger partial charge < -0.3 is 35.9 Å². The number of methoxy groups -OCH3 is 1. The summed E-state index contributed by atoms with van der Waals surface area (Å²) in [4.78, 5) is 67.9. The molecule has 4 amide bonds. The molecule has 4 atom stereocenters. The highest BCUT2D eigenvalue weighted by atomic mass is 16.5. The fourth-order valence-electron chi connectivity index (χ4n) is 7.22. The van der Waals surface area contributed by atoms with Gasteiger partial charge in [0.15, 0.2) is 0 Å². The zero-order valence-corrected chi connectivity index (χ0v) is 31.1. The number of imidazole rings is 1. The van der Waals surface area contributed by atoms with Gasteiger partial charge in [-0.15, -0.1) is 0 Å². The van der Waals surface area contributed by atoms with Gasteiger partial charge in [-0.1, -0.05) is 52.0 Å². The minimum absolute atomic E-state index is 0.0514. The molecule has 2 fully saturated rings. The molecule has 0 spiro atoms. The number of alkyl carbamates (subject to hydrolysis) is 1. The van der Waals surface area contributed by atoms with E-state index in [2.05, 4.69) is 26.7 Å². The van der Waals surface area contributed by atoms with Crippen molar-refractivity contribution in [3.8, 4) is 22.5 Å². The van der Waals surface area contributed by atoms with Crippen molar-refractivity contribution in [2.24, 2.45) is 17.6 Å². The molecule has 6 rings (SSSR count). The standard InChI is InChI=1S/C40H50N8O5/c1-23(2)34(41)38(50)47-18-6-8-29(47)21-43-37(49)26-12-10-25(11-13-26)30-16-14-27-20-28(15-17-31(27)44-30)32-22-42-36(45-32)33-9-7-19-48(33)39(51)35(24(3)4)46-40(52)53-5/h10-17,20,22-24,29,33-35H,6-9,18-19,21,41H2,1-5H3,(H,42,45)(H,43,49)(H,46,52)/t29-,33-,34-,35-/m0/s1. The number of benzene rings is 2. The Morgan fingerprint density at radius 1 is 0.906 bits per heavy atom. The van der Waals surface area contributed by atoms with Crippen LogP contribution in [-0.2, 0) is 14.3 Å². The number of amides is 4. The minimum atomic E-state index is -0.695. The maximum Gasteiger partial charge on any atom is 0.407 e. The van der Waals surface area contributed by atoms with Crippen molar-refractivity contribution in [1.82, 2.24) is 35.4 Å². The fourth-order valence-corrected chi connectivity index (χ4v) is 7.22. The zero-order chi connectivity index (χ0) is 37.8. The number of H-pyrrole nitrogens is 1. The lowest BCUT2D eigenvalue weighted by atomic mass is 10.0. The van der Waals surface area contributed by atoms with Gasteiger partial charge in [0.25, 0.3) is 5.91 Å². The largest absolute Gasteiger partial charge is 0.453 e. The van der Waals surface area contributed by atoms with Crippen molar-refractivity contribution in [2.45, 2.75) is 77.5 Å². The van der Waals surface area contributed by atoms with Crippen molar-refractivity contribution in [1.29, 1.82) is 0 Å². The summed E-state index contributed by atoms with van der Waals surface area (Å²) in [5.41, 5.74) is 10.9. The number of aromatic nitrogens is 3. The number of hydrogen-bond donors (Lipinski definition) is 4. The maximum atomic E-state index is 13.5. The van der Waals surface area contributed by atoms with E-state index >= 15 is 0 Å². The van der Waals surface area contributed by atoms with Crippen LogP contribution in [0.15, 0.2) is 60.8 Å². The second-order valence-corrected chi connectivity index (χ2v) is 14.7. The van der Waals surface area contributed by atoms with Crippen molar-refractivity contribution in [3.05, 3.63) is 72.2 Å². The van der Waals surface area contributed by atoms with Gasteiger partial charge in [-0.2, -0.15) is 0 Å². The molecule has 53 heavy (non-hydrogen) atoms. The summed E-state index contributed by atoms with van der Waals surface area (Å²) >= 11 is 0. The number of hydrogen-bond acceptors (Lipinski definition) is 8. The van der Waals surface area contributed by atoms with E-state index in [4.69, 9.17) is 15.5 Å². The number of rotatable bonds is 11. The Kier molecular flexibility index (Phi) is 11.4. The molecule has 2 aliphatic heterocycles. The molecule has 4 heterocycles. The van der Waals surface area contributed by atoms with Crippen LogP contribution in [-0.4, -0.2) is 93.4 Å². The average molecular weight is 723 g/mol. The van der Waals surface area contributed by atoms with Gasteiger partial charge in [0.05, 0.1) is 42.3 Å². The Morgan fingerprint density at radius 2 is 1.62 bits per heavy atom. The molecule has 0 unspecified atom stereocenters. The molecule has 4 aromatic rings. The quantitative estimate of drug-likeness (QED) is 0.167. The number of ether oxygens (including phenoxy) is 1. The van der Waals surface area contributed by atoms with Crippen molar-refractivity contribution in [3.63, 3.8) is 0 Å². The second-order valence-electron chi connectivity index (χ2n) is 14.7. The van der Waals surface area contributed by atoms with Crippen LogP contribution in [0.4, 0.5) is 4.79 Å². The Morgan fingerprint density at radius 3 is 2.34 bits per heavy atom. The molecule has 280 valence electrons. The van der Waals surface area contributed by atoms with E-state index in [0.29, 0.717) is 31.0 Å². The van der Waals surface area contributed by atoms with Crippen LogP contribution in [0.25, 0.3) is 33.4 Å². The number of nitrogens with two attached hydrogens (primary N) is 1. The Labute approximate surface area is 310 Å².